The molecule has 0 heterocycles. The Kier molecular flexibility index (Phi) is 4.02. The second-order valence-electron chi connectivity index (χ2n) is 5.38. The van der Waals surface area contributed by atoms with E-state index in [1.807, 2.05) is 6.08 Å². The van der Waals surface area contributed by atoms with Gasteiger partial charge in [-0.25, -0.2) is 0 Å². The van der Waals surface area contributed by atoms with Gasteiger partial charge in [0.25, 0.3) is 10.0 Å². The molecule has 2 aliphatic rings. The van der Waals surface area contributed by atoms with Crippen molar-refractivity contribution >= 4 is 31.7 Å². The average molecular weight is 377 g/mol. The molecule has 1 aromatic carbocycles. The predicted molar refractivity (Wildman–Crippen MR) is 87.8 cm³/mol. The zero-order valence-electron chi connectivity index (χ0n) is 11.6. The zero-order chi connectivity index (χ0) is 15.7. The molecule has 0 saturated heterocycles. The molecule has 1 aromatic rings. The Morgan fingerprint density at radius 3 is 2.68 bits per heavy atom. The molecule has 0 aromatic heterocycles. The van der Waals surface area contributed by atoms with Gasteiger partial charge in [0.1, 0.15) is 0 Å². The van der Waals surface area contributed by atoms with Crippen molar-refractivity contribution in [2.45, 2.75) is 17.7 Å². The zero-order valence-corrected chi connectivity index (χ0v) is 14.0. The smallest absolute Gasteiger partial charge is 0.199 e. The lowest BCUT2D eigenvalue weighted by molar-refractivity contribution is 0.597. The first-order valence-electron chi connectivity index (χ1n) is 6.90. The summed E-state index contributed by atoms with van der Waals surface area (Å²) in [4.78, 5) is 0.160. The van der Waals surface area contributed by atoms with Crippen molar-refractivity contribution in [1.29, 1.82) is 5.26 Å². The molecule has 4 nitrogen and oxygen atoms in total. The van der Waals surface area contributed by atoms with Crippen LogP contribution in [0.15, 0.2) is 61.8 Å². The fourth-order valence-corrected chi connectivity index (χ4v) is 4.08. The summed E-state index contributed by atoms with van der Waals surface area (Å²) in [5, 5.41) is 9.01. The number of benzene rings is 1. The number of nitrogens with zero attached hydrogens (tertiary/aromatic N) is 2. The van der Waals surface area contributed by atoms with Gasteiger partial charge in [0.2, 0.25) is 0 Å². The molecular formula is C16H13BrN2O2S. The number of sulfonamides is 1. The summed E-state index contributed by atoms with van der Waals surface area (Å²) in [7, 11) is -3.75. The van der Waals surface area contributed by atoms with Gasteiger partial charge in [0, 0.05) is 16.0 Å². The van der Waals surface area contributed by atoms with Gasteiger partial charge >= 0.3 is 0 Å². The highest BCUT2D eigenvalue weighted by atomic mass is 79.9. The fraction of sp³-hybridized carbons (Fsp3) is 0.250. The van der Waals surface area contributed by atoms with E-state index in [2.05, 4.69) is 26.4 Å². The van der Waals surface area contributed by atoms with Crippen LogP contribution in [0.5, 0.6) is 0 Å². The Labute approximate surface area is 138 Å². The van der Waals surface area contributed by atoms with E-state index >= 15 is 0 Å². The lowest BCUT2D eigenvalue weighted by Crippen LogP contribution is -2.17. The van der Waals surface area contributed by atoms with Crippen LogP contribution in [0.3, 0.4) is 0 Å². The third-order valence-corrected chi connectivity index (χ3v) is 5.51. The minimum absolute atomic E-state index is 0.0819. The number of allylic oxidation sites excluding steroid dienone is 4. The van der Waals surface area contributed by atoms with E-state index in [1.165, 1.54) is 12.1 Å². The predicted octanol–water partition coefficient (Wildman–Crippen LogP) is 3.62. The molecule has 0 N–H and O–H groups in total. The van der Waals surface area contributed by atoms with Crippen LogP contribution in [0, 0.1) is 23.2 Å². The Morgan fingerprint density at radius 1 is 1.27 bits per heavy atom. The van der Waals surface area contributed by atoms with Gasteiger partial charge in [0.15, 0.2) is 0 Å². The summed E-state index contributed by atoms with van der Waals surface area (Å²) in [5.74, 6) is 0.311. The number of hydrogen-bond donors (Lipinski definition) is 0. The van der Waals surface area contributed by atoms with Crippen LogP contribution in [-0.2, 0) is 10.0 Å². The minimum atomic E-state index is -3.75. The number of nitriles is 1. The van der Waals surface area contributed by atoms with Crippen LogP contribution >= 0.6 is 15.9 Å². The van der Waals surface area contributed by atoms with Gasteiger partial charge in [0.05, 0.1) is 16.7 Å². The third-order valence-electron chi connectivity index (χ3n) is 3.71. The van der Waals surface area contributed by atoms with Crippen LogP contribution in [0.2, 0.25) is 0 Å². The minimum Gasteiger partial charge on any atom is -0.199 e. The van der Waals surface area contributed by atoms with Gasteiger partial charge < -0.3 is 0 Å². The largest absolute Gasteiger partial charge is 0.282 e. The van der Waals surface area contributed by atoms with Crippen LogP contribution in [0.4, 0.5) is 0 Å². The Hall–Kier alpha value is -1.71. The van der Waals surface area contributed by atoms with Crippen LogP contribution in [0.1, 0.15) is 12.8 Å². The third kappa shape index (κ3) is 3.21. The highest BCUT2D eigenvalue weighted by molar-refractivity contribution is 9.10. The van der Waals surface area contributed by atoms with E-state index < -0.39 is 10.0 Å². The SMILES string of the molecule is N#CC1=CC(C2CC2)C(=NS(=O)(=O)c2cccc(Br)c2)C=C1. The standard InChI is InChI=1S/C16H13BrN2O2S/c17-13-2-1-3-14(9-13)22(20,21)19-16-7-4-11(10-18)8-15(16)12-5-6-12/h1-4,7-9,12,15H,5-6H2. The van der Waals surface area contributed by atoms with E-state index in [4.69, 9.17) is 5.26 Å². The van der Waals surface area contributed by atoms with Crippen molar-refractivity contribution in [2.75, 3.05) is 0 Å². The monoisotopic (exact) mass is 376 g/mol. The summed E-state index contributed by atoms with van der Waals surface area (Å²) in [6.07, 6.45) is 7.19. The summed E-state index contributed by atoms with van der Waals surface area (Å²) in [6, 6.07) is 8.60. The molecule has 0 radical (unpaired) electrons. The molecule has 22 heavy (non-hydrogen) atoms. The van der Waals surface area contributed by atoms with Crippen molar-refractivity contribution in [2.24, 2.45) is 16.2 Å². The normalized spacial score (nSPS) is 23.2. The molecule has 1 unspecified atom stereocenters. The molecule has 0 spiro atoms. The van der Waals surface area contributed by atoms with E-state index in [-0.39, 0.29) is 10.8 Å². The van der Waals surface area contributed by atoms with E-state index in [1.54, 1.807) is 24.3 Å². The number of halogens is 1. The van der Waals surface area contributed by atoms with E-state index in [0.717, 1.165) is 12.8 Å². The Balaban J connectivity index is 1.99. The quantitative estimate of drug-likeness (QED) is 0.808. The molecule has 0 bridgehead atoms. The van der Waals surface area contributed by atoms with Gasteiger partial charge in [-0.3, -0.25) is 0 Å². The van der Waals surface area contributed by atoms with E-state index in [9.17, 15) is 8.42 Å². The van der Waals surface area contributed by atoms with Crippen LogP contribution in [-0.4, -0.2) is 14.1 Å². The van der Waals surface area contributed by atoms with Crippen molar-refractivity contribution in [3.05, 3.63) is 52.5 Å². The average Bonchev–Trinajstić information content (AvgIpc) is 3.32. The lowest BCUT2D eigenvalue weighted by Gasteiger charge is -2.16. The summed E-state index contributed by atoms with van der Waals surface area (Å²) in [6.45, 7) is 0. The molecule has 6 heteroatoms. The lowest BCUT2D eigenvalue weighted by atomic mass is 9.91. The molecule has 3 rings (SSSR count). The molecule has 1 atom stereocenters. The van der Waals surface area contributed by atoms with Gasteiger partial charge in [-0.1, -0.05) is 28.1 Å². The Bertz CT molecular complexity index is 843. The number of rotatable bonds is 3. The maximum atomic E-state index is 12.5. The van der Waals surface area contributed by atoms with E-state index in [0.29, 0.717) is 21.7 Å². The summed E-state index contributed by atoms with van der Waals surface area (Å²) in [5.41, 5.74) is 1.08. The van der Waals surface area contributed by atoms with Gasteiger partial charge in [-0.05, 0) is 49.1 Å². The highest BCUT2D eigenvalue weighted by Crippen LogP contribution is 2.40. The second-order valence-corrected chi connectivity index (χ2v) is 7.90. The summed E-state index contributed by atoms with van der Waals surface area (Å²) >= 11 is 3.27. The molecule has 2 aliphatic carbocycles. The Morgan fingerprint density at radius 2 is 2.05 bits per heavy atom. The van der Waals surface area contributed by atoms with Crippen molar-refractivity contribution in [3.8, 4) is 6.07 Å². The first-order chi connectivity index (χ1) is 10.5. The van der Waals surface area contributed by atoms with Crippen LogP contribution < -0.4 is 0 Å². The van der Waals surface area contributed by atoms with Crippen molar-refractivity contribution in [3.63, 3.8) is 0 Å². The van der Waals surface area contributed by atoms with Gasteiger partial charge in [-0.2, -0.15) is 18.1 Å². The molecule has 0 aliphatic heterocycles. The summed E-state index contributed by atoms with van der Waals surface area (Å²) < 4.78 is 29.6. The highest BCUT2D eigenvalue weighted by Gasteiger charge is 2.34. The molecule has 0 amide bonds. The topological polar surface area (TPSA) is 70.3 Å². The molecule has 1 fully saturated rings. The second kappa shape index (κ2) is 5.82. The molecule has 1 saturated carbocycles. The van der Waals surface area contributed by atoms with Gasteiger partial charge in [-0.15, -0.1) is 0 Å². The molecular weight excluding hydrogens is 364 g/mol. The first kappa shape index (κ1) is 15.2. The maximum absolute atomic E-state index is 12.5. The van der Waals surface area contributed by atoms with Crippen LogP contribution in [0.25, 0.3) is 0 Å². The number of hydrogen-bond acceptors (Lipinski definition) is 3. The first-order valence-corrected chi connectivity index (χ1v) is 9.13. The molecule has 112 valence electrons. The fourth-order valence-electron chi connectivity index (χ4n) is 2.44. The van der Waals surface area contributed by atoms with Crippen molar-refractivity contribution in [1.82, 2.24) is 0 Å². The maximum Gasteiger partial charge on any atom is 0.282 e. The van der Waals surface area contributed by atoms with Crippen molar-refractivity contribution < 1.29 is 8.42 Å².